The summed E-state index contributed by atoms with van der Waals surface area (Å²) < 4.78 is 45.0. The van der Waals surface area contributed by atoms with Crippen LogP contribution in [0, 0.1) is 17.8 Å². The number of hydrogen-bond acceptors (Lipinski definition) is 14. The lowest BCUT2D eigenvalue weighted by Crippen LogP contribution is -2.60. The number of fused-ring (bicyclic) bond motifs is 1. The summed E-state index contributed by atoms with van der Waals surface area (Å²) >= 11 is 0. The number of benzene rings is 1. The van der Waals surface area contributed by atoms with Crippen LogP contribution < -0.4 is 5.32 Å². The second-order valence-electron chi connectivity index (χ2n) is 18.5. The molecule has 0 bridgehead atoms. The van der Waals surface area contributed by atoms with Crippen molar-refractivity contribution in [3.63, 3.8) is 0 Å². The molecule has 0 radical (unpaired) electrons. The van der Waals surface area contributed by atoms with Gasteiger partial charge < -0.3 is 63.8 Å². The number of carbonyl (C=O) groups excluding carboxylic acids is 1. The van der Waals surface area contributed by atoms with Gasteiger partial charge in [0.05, 0.1) is 54.1 Å². The van der Waals surface area contributed by atoms with Crippen LogP contribution >= 0.6 is 0 Å². The van der Waals surface area contributed by atoms with Crippen LogP contribution in [0.15, 0.2) is 35.3 Å². The third-order valence-electron chi connectivity index (χ3n) is 13.3. The molecule has 0 amide bonds. The number of carbonyl (C=O) groups is 1. The summed E-state index contributed by atoms with van der Waals surface area (Å²) in [6.45, 7) is 18.6. The van der Waals surface area contributed by atoms with Crippen molar-refractivity contribution < 1.29 is 58.4 Å². The van der Waals surface area contributed by atoms with Crippen LogP contribution in [0.1, 0.15) is 100 Å². The quantitative estimate of drug-likeness (QED) is 0.239. The molecular weight excluding hydrogens is 762 g/mol. The average molecular weight is 836 g/mol. The number of methoxy groups -OCH3 is 1. The fraction of sp³-hybridized carbons (Fsp3) is 0.818. The van der Waals surface area contributed by atoms with Crippen LogP contribution in [-0.4, -0.2) is 148 Å². The normalized spacial score (nSPS) is 46.2. The molecule has 4 saturated heterocycles. The lowest BCUT2D eigenvalue weighted by Gasteiger charge is -2.48. The molecule has 5 rings (SSSR count). The van der Waals surface area contributed by atoms with E-state index in [2.05, 4.69) is 5.32 Å². The van der Waals surface area contributed by atoms with Gasteiger partial charge in [0.1, 0.15) is 23.9 Å². The smallest absolute Gasteiger partial charge is 0.311 e. The fourth-order valence-electron chi connectivity index (χ4n) is 9.58. The number of nitrogens with zero attached hydrogens (tertiary/aromatic N) is 2. The summed E-state index contributed by atoms with van der Waals surface area (Å²) in [5, 5.41) is 50.2. The van der Waals surface area contributed by atoms with Gasteiger partial charge in [-0.2, -0.15) is 0 Å². The van der Waals surface area contributed by atoms with E-state index in [0.29, 0.717) is 25.5 Å². The highest BCUT2D eigenvalue weighted by molar-refractivity contribution is 5.76. The first-order chi connectivity index (χ1) is 27.6. The van der Waals surface area contributed by atoms with E-state index in [1.54, 1.807) is 41.5 Å². The first kappa shape index (κ1) is 47.6. The number of amidine groups is 1. The van der Waals surface area contributed by atoms with Gasteiger partial charge in [-0.1, -0.05) is 51.1 Å². The Morgan fingerprint density at radius 1 is 0.949 bits per heavy atom. The number of likely N-dealkylation sites (N-methyl/N-ethyl adjacent to an activating group) is 1. The zero-order valence-electron chi connectivity index (χ0n) is 37.2. The number of hydrogen-bond donors (Lipinski definition) is 5. The molecule has 0 saturated carbocycles. The SMILES string of the molecule is CC[C@H]1OC(=O)[C@H](C)[C@@H](O[C@H]2C[C@@](C)(OC)[C@@H](O)[C@H](C)O2)[C@H](C)[C@@H](O[C@H]2O[C@H](C)C[C@H]3[C@H]2OC(=NCc2ccccc2)N3C)[C@](C)(O)C[C@@H](C)CN[C@H](C)[C@@H](O)[C@]1(C)O. The van der Waals surface area contributed by atoms with E-state index >= 15 is 0 Å². The lowest BCUT2D eigenvalue weighted by molar-refractivity contribution is -0.313. The Balaban J connectivity index is 1.55. The van der Waals surface area contributed by atoms with Crippen molar-refractivity contribution in [3.05, 3.63) is 35.9 Å². The third-order valence-corrected chi connectivity index (χ3v) is 13.3. The topological polar surface area (TPSA) is 190 Å². The molecular formula is C44H73N3O12. The zero-order valence-corrected chi connectivity index (χ0v) is 37.2. The first-order valence-electron chi connectivity index (χ1n) is 21.5. The van der Waals surface area contributed by atoms with Crippen LogP contribution in [0.2, 0.25) is 0 Å². The van der Waals surface area contributed by atoms with E-state index < -0.39 is 96.0 Å². The van der Waals surface area contributed by atoms with Gasteiger partial charge in [0.15, 0.2) is 18.7 Å². The van der Waals surface area contributed by atoms with Gasteiger partial charge in [0.2, 0.25) is 0 Å². The largest absolute Gasteiger partial charge is 0.459 e. The van der Waals surface area contributed by atoms with Crippen molar-refractivity contribution in [2.24, 2.45) is 22.7 Å². The summed E-state index contributed by atoms with van der Waals surface area (Å²) in [5.41, 5.74) is -3.33. The highest BCUT2D eigenvalue weighted by Crippen LogP contribution is 2.41. The van der Waals surface area contributed by atoms with Crippen LogP contribution in [0.4, 0.5) is 0 Å². The molecule has 0 aromatic heterocycles. The Bertz CT molecular complexity index is 1550. The van der Waals surface area contributed by atoms with Gasteiger partial charge in [-0.15, -0.1) is 0 Å². The van der Waals surface area contributed by atoms with E-state index in [1.165, 1.54) is 14.0 Å². The molecule has 336 valence electrons. The molecule has 4 heterocycles. The Morgan fingerprint density at radius 3 is 2.27 bits per heavy atom. The number of ether oxygens (including phenoxy) is 7. The Kier molecular flexibility index (Phi) is 15.6. The van der Waals surface area contributed by atoms with Gasteiger partial charge in [-0.25, -0.2) is 4.99 Å². The number of aliphatic hydroxyl groups excluding tert-OH is 2. The number of aliphatic imine (C=N–C) groups is 1. The summed E-state index contributed by atoms with van der Waals surface area (Å²) in [6.07, 6.45) is -7.44. The average Bonchev–Trinajstić information content (AvgIpc) is 3.51. The predicted octanol–water partition coefficient (Wildman–Crippen LogP) is 3.52. The van der Waals surface area contributed by atoms with Gasteiger partial charge in [0, 0.05) is 32.5 Å². The Morgan fingerprint density at radius 2 is 1.63 bits per heavy atom. The summed E-state index contributed by atoms with van der Waals surface area (Å²) in [6, 6.07) is 9.68. The molecule has 5 N–H and O–H groups in total. The van der Waals surface area contributed by atoms with Crippen LogP contribution in [0.5, 0.6) is 0 Å². The Hall–Kier alpha value is -2.44. The number of rotatable bonds is 8. The van der Waals surface area contributed by atoms with E-state index in [9.17, 15) is 25.2 Å². The highest BCUT2D eigenvalue weighted by atomic mass is 16.7. The van der Waals surface area contributed by atoms with E-state index in [4.69, 9.17) is 38.2 Å². The lowest BCUT2D eigenvalue weighted by atomic mass is 9.77. The minimum absolute atomic E-state index is 0.133. The number of esters is 1. The molecule has 0 spiro atoms. The maximum absolute atomic E-state index is 14.4. The van der Waals surface area contributed by atoms with Gasteiger partial charge in [0.25, 0.3) is 6.02 Å². The second-order valence-corrected chi connectivity index (χ2v) is 18.5. The maximum atomic E-state index is 14.4. The zero-order chi connectivity index (χ0) is 43.6. The number of aliphatic hydroxyl groups is 4. The summed E-state index contributed by atoms with van der Waals surface area (Å²) in [4.78, 5) is 21.2. The Labute approximate surface area is 351 Å². The molecule has 4 fully saturated rings. The predicted molar refractivity (Wildman–Crippen MR) is 220 cm³/mol. The molecule has 15 heteroatoms. The van der Waals surface area contributed by atoms with Crippen molar-refractivity contribution >= 4 is 12.0 Å². The molecule has 59 heavy (non-hydrogen) atoms. The maximum Gasteiger partial charge on any atom is 0.311 e. The first-order valence-corrected chi connectivity index (χ1v) is 21.5. The van der Waals surface area contributed by atoms with Crippen molar-refractivity contribution in [2.75, 3.05) is 20.7 Å². The molecule has 1 aromatic rings. The third kappa shape index (κ3) is 10.6. The summed E-state index contributed by atoms with van der Waals surface area (Å²) in [7, 11) is 3.47. The van der Waals surface area contributed by atoms with Crippen molar-refractivity contribution in [3.8, 4) is 0 Å². The van der Waals surface area contributed by atoms with Crippen LogP contribution in [-0.2, 0) is 44.5 Å². The van der Waals surface area contributed by atoms with Gasteiger partial charge in [-0.3, -0.25) is 4.79 Å². The number of nitrogens with one attached hydrogen (secondary N) is 1. The minimum atomic E-state index is -1.80. The van der Waals surface area contributed by atoms with Crippen LogP contribution in [0.25, 0.3) is 0 Å². The van der Waals surface area contributed by atoms with Gasteiger partial charge >= 0.3 is 5.97 Å². The molecule has 15 nitrogen and oxygen atoms in total. The second kappa shape index (κ2) is 19.3. The molecule has 4 aliphatic heterocycles. The fourth-order valence-corrected chi connectivity index (χ4v) is 9.58. The molecule has 0 aliphatic carbocycles. The monoisotopic (exact) mass is 836 g/mol. The minimum Gasteiger partial charge on any atom is -0.459 e. The van der Waals surface area contributed by atoms with Crippen molar-refractivity contribution in [1.29, 1.82) is 0 Å². The van der Waals surface area contributed by atoms with Crippen LogP contribution in [0.3, 0.4) is 0 Å². The highest BCUT2D eigenvalue weighted by Gasteiger charge is 2.54. The molecule has 0 unspecified atom stereocenters. The van der Waals surface area contributed by atoms with Crippen molar-refractivity contribution in [1.82, 2.24) is 10.2 Å². The van der Waals surface area contributed by atoms with Gasteiger partial charge in [-0.05, 0) is 85.8 Å². The molecule has 4 aliphatic rings. The van der Waals surface area contributed by atoms with E-state index in [0.717, 1.165) is 5.56 Å². The van der Waals surface area contributed by atoms with E-state index in [-0.39, 0.29) is 37.3 Å². The standard InChI is InChI=1S/C44H73N3O12/c1-13-32-44(10,52)36(48)28(6)45-22-24(2)20-42(8,51)38(26(4)34(27(5)39(50)56-32)57-33-21-43(9,53-12)37(49)29(7)55-33)59-40-35-31(19-25(3)54-40)47(11)41(58-35)46-23-30-17-15-14-16-18-30/h14-18,24-29,31-38,40,45,48-49,51-52H,13,19-23H2,1-12H3/t24-,25-,26+,27-,28-,29+,31+,32-,33+,34+,35-,36-,37+,38-,40-,42-,43-,44-/m1/s1. The molecule has 1 aromatic carbocycles. The molecule has 18 atom stereocenters. The number of cyclic esters (lactones) is 1. The van der Waals surface area contributed by atoms with Crippen molar-refractivity contribution in [2.45, 2.75) is 192 Å². The summed E-state index contributed by atoms with van der Waals surface area (Å²) in [5.74, 6) is -2.56. The van der Waals surface area contributed by atoms with E-state index in [1.807, 2.05) is 63.1 Å².